The van der Waals surface area contributed by atoms with Gasteiger partial charge in [-0.2, -0.15) is 0 Å². The van der Waals surface area contributed by atoms with Gasteiger partial charge in [-0.05, 0) is 18.3 Å². The Morgan fingerprint density at radius 3 is 2.33 bits per heavy atom. The van der Waals surface area contributed by atoms with E-state index in [1.165, 1.54) is 0 Å². The Hall–Kier alpha value is -0.120. The molecule has 18 heavy (non-hydrogen) atoms. The molecule has 3 nitrogen and oxygen atoms in total. The van der Waals surface area contributed by atoms with E-state index in [0.717, 1.165) is 19.6 Å². The van der Waals surface area contributed by atoms with Gasteiger partial charge in [-0.3, -0.25) is 4.90 Å². The highest BCUT2D eigenvalue weighted by Gasteiger charge is 2.35. The minimum Gasteiger partial charge on any atom is -0.380 e. The summed E-state index contributed by atoms with van der Waals surface area (Å²) in [5.74, 6) is 0.683. The molecule has 1 aliphatic heterocycles. The number of nitrogens with one attached hydrogen (secondary N) is 1. The Bertz CT molecular complexity index is 247. The number of hydrogen-bond acceptors (Lipinski definition) is 3. The zero-order chi connectivity index (χ0) is 13.9. The lowest BCUT2D eigenvalue weighted by molar-refractivity contribution is 0.0132. The van der Waals surface area contributed by atoms with Gasteiger partial charge in [0.05, 0.1) is 6.10 Å². The first-order chi connectivity index (χ1) is 8.25. The van der Waals surface area contributed by atoms with E-state index in [1.54, 1.807) is 7.11 Å². The molecule has 3 atom stereocenters. The third-order valence-corrected chi connectivity index (χ3v) is 4.17. The average molecular weight is 256 g/mol. The third-order valence-electron chi connectivity index (χ3n) is 4.17. The number of methoxy groups -OCH3 is 1. The highest BCUT2D eigenvalue weighted by atomic mass is 16.5. The van der Waals surface area contributed by atoms with E-state index in [0.29, 0.717) is 29.5 Å². The van der Waals surface area contributed by atoms with Crippen LogP contribution >= 0.6 is 0 Å². The quantitative estimate of drug-likeness (QED) is 0.836. The van der Waals surface area contributed by atoms with Gasteiger partial charge in [-0.1, -0.05) is 34.6 Å². The van der Waals surface area contributed by atoms with E-state index in [-0.39, 0.29) is 0 Å². The van der Waals surface area contributed by atoms with E-state index >= 15 is 0 Å². The SMILES string of the molecule is COC(C)CN1CC(C(C)(C)C)NCC1C(C)C. The molecule has 1 aliphatic rings. The summed E-state index contributed by atoms with van der Waals surface area (Å²) >= 11 is 0. The minimum atomic E-state index is 0.310. The summed E-state index contributed by atoms with van der Waals surface area (Å²) in [6.07, 6.45) is 0.310. The number of rotatable bonds is 4. The number of nitrogens with zero attached hydrogens (tertiary/aromatic N) is 1. The van der Waals surface area contributed by atoms with Gasteiger partial charge in [0.2, 0.25) is 0 Å². The molecule has 0 radical (unpaired) electrons. The zero-order valence-corrected chi connectivity index (χ0v) is 13.3. The summed E-state index contributed by atoms with van der Waals surface area (Å²) in [7, 11) is 1.80. The lowest BCUT2D eigenvalue weighted by Crippen LogP contribution is -2.62. The summed E-state index contributed by atoms with van der Waals surface area (Å²) in [4.78, 5) is 2.62. The first-order valence-electron chi connectivity index (χ1n) is 7.26. The largest absolute Gasteiger partial charge is 0.380 e. The van der Waals surface area contributed by atoms with Crippen LogP contribution in [-0.4, -0.2) is 49.8 Å². The highest BCUT2D eigenvalue weighted by molar-refractivity contribution is 4.93. The van der Waals surface area contributed by atoms with Gasteiger partial charge in [0.25, 0.3) is 0 Å². The Morgan fingerprint density at radius 2 is 1.89 bits per heavy atom. The molecule has 3 heteroatoms. The second-order valence-corrected chi connectivity index (χ2v) is 7.14. The summed E-state index contributed by atoms with van der Waals surface area (Å²) in [6.45, 7) is 17.0. The summed E-state index contributed by atoms with van der Waals surface area (Å²) in [6, 6.07) is 1.19. The number of piperazine rings is 1. The molecule has 0 bridgehead atoms. The molecule has 0 amide bonds. The predicted octanol–water partition coefficient (Wildman–Crippen LogP) is 2.37. The molecule has 0 aromatic rings. The van der Waals surface area contributed by atoms with Gasteiger partial charge in [0.1, 0.15) is 0 Å². The summed E-state index contributed by atoms with van der Waals surface area (Å²) < 4.78 is 5.44. The van der Waals surface area contributed by atoms with Crippen LogP contribution in [0.1, 0.15) is 41.5 Å². The van der Waals surface area contributed by atoms with Gasteiger partial charge >= 0.3 is 0 Å². The van der Waals surface area contributed by atoms with Crippen molar-refractivity contribution in [2.45, 2.75) is 59.7 Å². The molecule has 3 unspecified atom stereocenters. The lowest BCUT2D eigenvalue weighted by Gasteiger charge is -2.47. The normalized spacial score (nSPS) is 28.7. The molecule has 1 rings (SSSR count). The van der Waals surface area contributed by atoms with E-state index in [1.807, 2.05) is 0 Å². The Labute approximate surface area is 113 Å². The van der Waals surface area contributed by atoms with Crippen molar-refractivity contribution in [3.8, 4) is 0 Å². The predicted molar refractivity (Wildman–Crippen MR) is 77.9 cm³/mol. The Kier molecular flexibility index (Phi) is 5.63. The van der Waals surface area contributed by atoms with E-state index in [2.05, 4.69) is 51.8 Å². The fraction of sp³-hybridized carbons (Fsp3) is 1.00. The van der Waals surface area contributed by atoms with Crippen molar-refractivity contribution in [2.75, 3.05) is 26.7 Å². The highest BCUT2D eigenvalue weighted by Crippen LogP contribution is 2.25. The van der Waals surface area contributed by atoms with Gasteiger partial charge in [0.15, 0.2) is 0 Å². The molecule has 108 valence electrons. The molecule has 1 heterocycles. The van der Waals surface area contributed by atoms with Crippen LogP contribution in [0.3, 0.4) is 0 Å². The van der Waals surface area contributed by atoms with Crippen LogP contribution in [0, 0.1) is 11.3 Å². The summed E-state index contributed by atoms with van der Waals surface area (Å²) in [5, 5.41) is 3.73. The molecule has 0 aromatic heterocycles. The van der Waals surface area contributed by atoms with E-state index < -0.39 is 0 Å². The standard InChI is InChI=1S/C15H32N2O/c1-11(2)13-8-16-14(15(4,5)6)10-17(13)9-12(3)18-7/h11-14,16H,8-10H2,1-7H3. The Morgan fingerprint density at radius 1 is 1.28 bits per heavy atom. The van der Waals surface area contributed by atoms with Crippen molar-refractivity contribution in [3.63, 3.8) is 0 Å². The lowest BCUT2D eigenvalue weighted by atomic mass is 9.83. The van der Waals surface area contributed by atoms with Crippen LogP contribution in [0.2, 0.25) is 0 Å². The van der Waals surface area contributed by atoms with Crippen LogP contribution in [0.15, 0.2) is 0 Å². The fourth-order valence-corrected chi connectivity index (χ4v) is 2.68. The van der Waals surface area contributed by atoms with Crippen LogP contribution in [-0.2, 0) is 4.74 Å². The van der Waals surface area contributed by atoms with Crippen LogP contribution in [0.5, 0.6) is 0 Å². The minimum absolute atomic E-state index is 0.310. The molecule has 1 saturated heterocycles. The Balaban J connectivity index is 2.70. The van der Waals surface area contributed by atoms with Crippen molar-refractivity contribution in [1.29, 1.82) is 0 Å². The first-order valence-corrected chi connectivity index (χ1v) is 7.26. The van der Waals surface area contributed by atoms with Crippen molar-refractivity contribution in [3.05, 3.63) is 0 Å². The van der Waals surface area contributed by atoms with Gasteiger partial charge in [-0.25, -0.2) is 0 Å². The number of ether oxygens (including phenoxy) is 1. The molecular weight excluding hydrogens is 224 g/mol. The van der Waals surface area contributed by atoms with Crippen LogP contribution < -0.4 is 5.32 Å². The second-order valence-electron chi connectivity index (χ2n) is 7.14. The van der Waals surface area contributed by atoms with Crippen molar-refractivity contribution in [2.24, 2.45) is 11.3 Å². The third kappa shape index (κ3) is 4.22. The number of hydrogen-bond donors (Lipinski definition) is 1. The van der Waals surface area contributed by atoms with Crippen molar-refractivity contribution < 1.29 is 4.74 Å². The topological polar surface area (TPSA) is 24.5 Å². The maximum Gasteiger partial charge on any atom is 0.0670 e. The average Bonchev–Trinajstić information content (AvgIpc) is 2.27. The molecule has 1 fully saturated rings. The summed E-state index contributed by atoms with van der Waals surface area (Å²) in [5.41, 5.74) is 0.316. The van der Waals surface area contributed by atoms with Crippen molar-refractivity contribution >= 4 is 0 Å². The molecule has 0 saturated carbocycles. The van der Waals surface area contributed by atoms with E-state index in [4.69, 9.17) is 4.74 Å². The molecular formula is C15H32N2O. The van der Waals surface area contributed by atoms with Gasteiger partial charge < -0.3 is 10.1 Å². The molecule has 0 aliphatic carbocycles. The molecule has 0 aromatic carbocycles. The van der Waals surface area contributed by atoms with Crippen LogP contribution in [0.4, 0.5) is 0 Å². The maximum absolute atomic E-state index is 5.44. The first kappa shape index (κ1) is 15.9. The van der Waals surface area contributed by atoms with Crippen molar-refractivity contribution in [1.82, 2.24) is 10.2 Å². The molecule has 0 spiro atoms. The fourth-order valence-electron chi connectivity index (χ4n) is 2.68. The van der Waals surface area contributed by atoms with Gasteiger partial charge in [-0.15, -0.1) is 0 Å². The molecule has 1 N–H and O–H groups in total. The van der Waals surface area contributed by atoms with Gasteiger partial charge in [0, 0.05) is 38.8 Å². The monoisotopic (exact) mass is 256 g/mol. The maximum atomic E-state index is 5.44. The van der Waals surface area contributed by atoms with Crippen LogP contribution in [0.25, 0.3) is 0 Å². The smallest absolute Gasteiger partial charge is 0.0670 e. The second kappa shape index (κ2) is 6.36. The van der Waals surface area contributed by atoms with E-state index in [9.17, 15) is 0 Å². The zero-order valence-electron chi connectivity index (χ0n) is 13.3.